The lowest BCUT2D eigenvalue weighted by atomic mass is 10.1. The first-order valence-electron chi connectivity index (χ1n) is 17.1. The van der Waals surface area contributed by atoms with Crippen molar-refractivity contribution in [1.29, 1.82) is 0 Å². The standard InChI is InChI=1S/C17H16F4N6O4S.C16H17F2N7O3S/c1-32(28,29)24-8-12(9-2-4-11(5-3-9)30-16(20)21)25-17-22-6-10(7-23-17)14-26-27-15(31-14)13(18)19;1-29(26,27)22-9-13(10-2-4-12(5-3-10)28-15(17)18)23-16-19-6-11(7-20-16)14-8-21-25-24-14/h2-7,12-13,16,24H,8H2,1H3,(H,22,23,25);2-7,13,15,22H,8-9H2,1H3,(H,19,20,23). The van der Waals surface area contributed by atoms with Crippen molar-refractivity contribution < 1.29 is 57.1 Å². The zero-order valence-corrected chi connectivity index (χ0v) is 33.0. The number of halogens is 6. The van der Waals surface area contributed by atoms with Crippen LogP contribution in [0.25, 0.3) is 11.5 Å². The molecule has 28 heteroatoms. The monoisotopic (exact) mass is 901 g/mol. The number of hydrogen-bond acceptors (Lipinski definition) is 18. The number of rotatable bonds is 19. The Bertz CT molecular complexity index is 2470. The Morgan fingerprint density at radius 3 is 1.46 bits per heavy atom. The molecule has 326 valence electrons. The van der Waals surface area contributed by atoms with Gasteiger partial charge in [0.1, 0.15) is 18.0 Å². The number of benzene rings is 2. The van der Waals surface area contributed by atoms with Crippen molar-refractivity contribution in [2.24, 2.45) is 15.4 Å². The molecule has 4 N–H and O–H groups in total. The molecule has 61 heavy (non-hydrogen) atoms. The summed E-state index contributed by atoms with van der Waals surface area (Å²) in [5, 5.41) is 23.8. The summed E-state index contributed by atoms with van der Waals surface area (Å²) >= 11 is 0. The summed E-state index contributed by atoms with van der Waals surface area (Å²) in [7, 11) is -6.99. The molecule has 0 amide bonds. The van der Waals surface area contributed by atoms with Crippen LogP contribution >= 0.6 is 0 Å². The minimum absolute atomic E-state index is 0.00709. The van der Waals surface area contributed by atoms with Crippen molar-refractivity contribution in [2.45, 2.75) is 31.7 Å². The lowest BCUT2D eigenvalue weighted by molar-refractivity contribution is -0.0505. The maximum Gasteiger partial charge on any atom is 0.387 e. The van der Waals surface area contributed by atoms with Crippen LogP contribution in [-0.2, 0) is 20.0 Å². The van der Waals surface area contributed by atoms with E-state index < -0.39 is 57.7 Å². The molecular formula is C33H33F6N13O7S2. The molecule has 6 rings (SSSR count). The van der Waals surface area contributed by atoms with Crippen LogP contribution in [0.3, 0.4) is 0 Å². The number of ether oxygens (including phenoxy) is 2. The van der Waals surface area contributed by atoms with Gasteiger partial charge < -0.3 is 24.5 Å². The summed E-state index contributed by atoms with van der Waals surface area (Å²) in [6, 6.07) is 10.1. The van der Waals surface area contributed by atoms with E-state index in [4.69, 9.17) is 4.42 Å². The van der Waals surface area contributed by atoms with Gasteiger partial charge in [-0.1, -0.05) is 24.3 Å². The number of sulfonamides is 2. The molecule has 4 heterocycles. The van der Waals surface area contributed by atoms with E-state index in [0.29, 0.717) is 28.9 Å². The van der Waals surface area contributed by atoms with Gasteiger partial charge in [-0.05, 0) is 40.6 Å². The second kappa shape index (κ2) is 20.7. The molecule has 0 saturated heterocycles. The minimum Gasteiger partial charge on any atom is -0.435 e. The minimum atomic E-state index is -3.53. The molecule has 0 spiro atoms. The molecular weight excluding hydrogens is 869 g/mol. The molecule has 2 atom stereocenters. The second-order valence-electron chi connectivity index (χ2n) is 12.3. The molecule has 20 nitrogen and oxygen atoms in total. The fraction of sp³-hybridized carbons (Fsp3) is 0.303. The summed E-state index contributed by atoms with van der Waals surface area (Å²) in [4.78, 5) is 16.5. The highest BCUT2D eigenvalue weighted by Gasteiger charge is 2.20. The fourth-order valence-corrected chi connectivity index (χ4v) is 5.86. The summed E-state index contributed by atoms with van der Waals surface area (Å²) < 4.78 is 139. The molecule has 0 aliphatic carbocycles. The predicted octanol–water partition coefficient (Wildman–Crippen LogP) is 4.72. The third-order valence-corrected chi connectivity index (χ3v) is 9.06. The van der Waals surface area contributed by atoms with E-state index in [1.54, 1.807) is 24.5 Å². The van der Waals surface area contributed by atoms with Crippen molar-refractivity contribution in [2.75, 3.05) is 42.8 Å². The Hall–Kier alpha value is -6.39. The number of nitrogens with one attached hydrogen (secondary N) is 4. The van der Waals surface area contributed by atoms with E-state index in [2.05, 4.69) is 75.1 Å². The van der Waals surface area contributed by atoms with Gasteiger partial charge in [0.25, 0.3) is 11.8 Å². The maximum atomic E-state index is 12.6. The van der Waals surface area contributed by atoms with Crippen LogP contribution in [0, 0.1) is 0 Å². The highest BCUT2D eigenvalue weighted by Crippen LogP contribution is 2.25. The first-order valence-corrected chi connectivity index (χ1v) is 20.9. The zero-order chi connectivity index (χ0) is 44.2. The number of nitrogens with zero attached hydrogens (tertiary/aromatic N) is 9. The van der Waals surface area contributed by atoms with E-state index in [0.717, 1.165) is 12.5 Å². The normalized spacial score (nSPS) is 13.7. The van der Waals surface area contributed by atoms with E-state index >= 15 is 0 Å². The van der Waals surface area contributed by atoms with Crippen LogP contribution in [0.4, 0.5) is 38.2 Å². The van der Waals surface area contributed by atoms with Crippen LogP contribution in [0.15, 0.2) is 93.2 Å². The van der Waals surface area contributed by atoms with Crippen LogP contribution in [0.5, 0.6) is 11.5 Å². The van der Waals surface area contributed by atoms with Gasteiger partial charge in [0.15, 0.2) is 0 Å². The molecule has 0 saturated carbocycles. The van der Waals surface area contributed by atoms with Gasteiger partial charge in [-0.3, -0.25) is 0 Å². The Morgan fingerprint density at radius 2 is 1.10 bits per heavy atom. The molecule has 5 aromatic rings. The third kappa shape index (κ3) is 15.0. The lowest BCUT2D eigenvalue weighted by Gasteiger charge is -2.20. The number of alkyl halides is 6. The van der Waals surface area contributed by atoms with Gasteiger partial charge in [0.05, 0.1) is 35.9 Å². The lowest BCUT2D eigenvalue weighted by Crippen LogP contribution is -2.31. The number of anilines is 2. The molecule has 1 aliphatic heterocycles. The second-order valence-corrected chi connectivity index (χ2v) is 16.0. The van der Waals surface area contributed by atoms with Crippen molar-refractivity contribution in [3.8, 4) is 23.0 Å². The predicted molar refractivity (Wildman–Crippen MR) is 203 cm³/mol. The van der Waals surface area contributed by atoms with Crippen LogP contribution in [0.1, 0.15) is 41.1 Å². The average molecular weight is 902 g/mol. The largest absolute Gasteiger partial charge is 0.435 e. The summed E-state index contributed by atoms with van der Waals surface area (Å²) in [6.45, 7) is -5.68. The SMILES string of the molecule is CS(=O)(=O)NCC(Nc1ncc(-c2nnc(C(F)F)o2)cn1)c1ccc(OC(F)F)cc1.CS(=O)(=O)NCC(Nc1ncc(C2=NN=NC2)cn1)c1ccc(OC(F)F)cc1. The van der Waals surface area contributed by atoms with Gasteiger partial charge in [0, 0.05) is 43.4 Å². The van der Waals surface area contributed by atoms with Crippen molar-refractivity contribution in [1.82, 2.24) is 39.6 Å². The van der Waals surface area contributed by atoms with Crippen molar-refractivity contribution in [3.05, 3.63) is 95.9 Å². The highest BCUT2D eigenvalue weighted by molar-refractivity contribution is 7.89. The topological polar surface area (TPSA) is 262 Å². The molecule has 3 aromatic heterocycles. The molecule has 0 radical (unpaired) electrons. The van der Waals surface area contributed by atoms with E-state index in [1.807, 2.05) is 0 Å². The summed E-state index contributed by atoms with van der Waals surface area (Å²) in [5.74, 6) is -0.802. The van der Waals surface area contributed by atoms with Crippen LogP contribution in [0.2, 0.25) is 0 Å². The van der Waals surface area contributed by atoms with E-state index in [-0.39, 0.29) is 47.9 Å². The van der Waals surface area contributed by atoms with Gasteiger partial charge in [-0.25, -0.2) is 46.2 Å². The smallest absolute Gasteiger partial charge is 0.387 e. The third-order valence-electron chi connectivity index (χ3n) is 7.68. The Morgan fingerprint density at radius 1 is 0.656 bits per heavy atom. The molecule has 0 bridgehead atoms. The number of aromatic nitrogens is 6. The quantitative estimate of drug-likeness (QED) is 0.0818. The zero-order valence-electron chi connectivity index (χ0n) is 31.4. The highest BCUT2D eigenvalue weighted by atomic mass is 32.2. The molecule has 1 aliphatic rings. The summed E-state index contributed by atoms with van der Waals surface area (Å²) in [5.41, 5.74) is 2.64. The Labute approximate surface area is 342 Å². The van der Waals surface area contributed by atoms with Gasteiger partial charge in [-0.2, -0.15) is 31.5 Å². The fourth-order valence-electron chi connectivity index (χ4n) is 4.92. The molecule has 2 aromatic carbocycles. The Balaban J connectivity index is 0.000000232. The number of hydrogen-bond donors (Lipinski definition) is 4. The van der Waals surface area contributed by atoms with E-state index in [9.17, 15) is 43.2 Å². The van der Waals surface area contributed by atoms with Crippen LogP contribution in [-0.4, -0.2) is 98.0 Å². The van der Waals surface area contributed by atoms with Gasteiger partial charge >= 0.3 is 19.6 Å². The van der Waals surface area contributed by atoms with Crippen LogP contribution < -0.4 is 29.6 Å². The maximum absolute atomic E-state index is 12.6. The van der Waals surface area contributed by atoms with E-state index in [1.165, 1.54) is 48.8 Å². The summed E-state index contributed by atoms with van der Waals surface area (Å²) in [6.07, 6.45) is 4.69. The average Bonchev–Trinajstić information content (AvgIpc) is 3.93. The van der Waals surface area contributed by atoms with Crippen molar-refractivity contribution in [3.63, 3.8) is 0 Å². The first-order chi connectivity index (χ1) is 28.9. The van der Waals surface area contributed by atoms with Gasteiger partial charge in [-0.15, -0.1) is 15.3 Å². The Kier molecular flexibility index (Phi) is 15.5. The molecule has 0 fully saturated rings. The van der Waals surface area contributed by atoms with Crippen molar-refractivity contribution >= 4 is 37.7 Å². The van der Waals surface area contributed by atoms with Gasteiger partial charge in [0.2, 0.25) is 31.9 Å². The first kappa shape index (κ1) is 45.7. The molecule has 2 unspecified atom stereocenters.